The van der Waals surface area contributed by atoms with Gasteiger partial charge in [0, 0.05) is 17.6 Å². The fourth-order valence-corrected chi connectivity index (χ4v) is 1.78. The summed E-state index contributed by atoms with van der Waals surface area (Å²) in [6.07, 6.45) is 2.41. The summed E-state index contributed by atoms with van der Waals surface area (Å²) in [6.45, 7) is 0. The maximum Gasteiger partial charge on any atom is 0.219 e. The van der Waals surface area contributed by atoms with Gasteiger partial charge in [0.2, 0.25) is 5.88 Å². The van der Waals surface area contributed by atoms with Gasteiger partial charge in [0.25, 0.3) is 0 Å². The second-order valence-corrected chi connectivity index (χ2v) is 3.98. The average Bonchev–Trinajstić information content (AvgIpc) is 2.48. The van der Waals surface area contributed by atoms with E-state index in [9.17, 15) is 4.79 Å². The number of hydrogen-bond donors (Lipinski definition) is 0. The molecule has 2 aromatic heterocycles. The Labute approximate surface area is 109 Å². The summed E-state index contributed by atoms with van der Waals surface area (Å²) in [5.74, 6) is 1.23. The molecule has 1 aromatic carbocycles. The minimum absolute atomic E-state index is 0.422. The highest BCUT2D eigenvalue weighted by Gasteiger charge is 2.02. The predicted octanol–water partition coefficient (Wildman–Crippen LogP) is 3.23. The Kier molecular flexibility index (Phi) is 2.90. The van der Waals surface area contributed by atoms with Crippen LogP contribution < -0.4 is 4.74 Å². The molecule has 4 nitrogen and oxygen atoms in total. The molecule has 0 bridgehead atoms. The van der Waals surface area contributed by atoms with Gasteiger partial charge in [0.1, 0.15) is 11.4 Å². The molecule has 19 heavy (non-hydrogen) atoms. The molecular weight excluding hydrogens is 240 g/mol. The summed E-state index contributed by atoms with van der Waals surface area (Å²) in [6, 6.07) is 14.5. The first-order chi connectivity index (χ1) is 9.35. The number of nitrogens with zero attached hydrogens (tertiary/aromatic N) is 2. The molecule has 0 fully saturated rings. The van der Waals surface area contributed by atoms with Gasteiger partial charge in [0.05, 0.1) is 5.52 Å². The van der Waals surface area contributed by atoms with Crippen LogP contribution in [0.25, 0.3) is 10.9 Å². The van der Waals surface area contributed by atoms with E-state index in [1.807, 2.05) is 30.3 Å². The van der Waals surface area contributed by atoms with Crippen molar-refractivity contribution >= 4 is 17.2 Å². The second kappa shape index (κ2) is 4.86. The molecule has 0 saturated carbocycles. The first-order valence-corrected chi connectivity index (χ1v) is 5.80. The lowest BCUT2D eigenvalue weighted by Gasteiger charge is -2.05. The van der Waals surface area contributed by atoms with E-state index in [0.717, 1.165) is 17.2 Å². The van der Waals surface area contributed by atoms with Crippen molar-refractivity contribution in [3.05, 3.63) is 60.4 Å². The maximum absolute atomic E-state index is 10.7. The Bertz CT molecular complexity index is 727. The van der Waals surface area contributed by atoms with Crippen molar-refractivity contribution in [1.29, 1.82) is 0 Å². The predicted molar refractivity (Wildman–Crippen MR) is 71.4 cm³/mol. The normalized spacial score (nSPS) is 10.3. The van der Waals surface area contributed by atoms with Gasteiger partial charge in [-0.2, -0.15) is 0 Å². The molecule has 2 heterocycles. The van der Waals surface area contributed by atoms with Gasteiger partial charge in [-0.1, -0.05) is 12.1 Å². The Hall–Kier alpha value is -2.75. The molecule has 0 N–H and O–H groups in total. The Morgan fingerprint density at radius 1 is 1.05 bits per heavy atom. The van der Waals surface area contributed by atoms with Crippen molar-refractivity contribution in [3.8, 4) is 11.6 Å². The number of benzene rings is 1. The van der Waals surface area contributed by atoms with Gasteiger partial charge in [-0.05, 0) is 30.3 Å². The molecule has 0 aliphatic heterocycles. The summed E-state index contributed by atoms with van der Waals surface area (Å²) in [7, 11) is 0. The van der Waals surface area contributed by atoms with Crippen molar-refractivity contribution in [2.45, 2.75) is 0 Å². The van der Waals surface area contributed by atoms with Gasteiger partial charge < -0.3 is 4.74 Å². The van der Waals surface area contributed by atoms with Crippen molar-refractivity contribution in [2.75, 3.05) is 0 Å². The number of pyridine rings is 2. The first-order valence-electron chi connectivity index (χ1n) is 5.80. The highest BCUT2D eigenvalue weighted by molar-refractivity contribution is 5.84. The molecule has 0 spiro atoms. The average molecular weight is 250 g/mol. The molecular formula is C15H10N2O2. The molecule has 0 radical (unpaired) electrons. The van der Waals surface area contributed by atoms with Crippen LogP contribution in [0.5, 0.6) is 11.6 Å². The van der Waals surface area contributed by atoms with Crippen molar-refractivity contribution in [3.63, 3.8) is 0 Å². The number of aldehydes is 1. The number of aromatic nitrogens is 2. The SMILES string of the molecule is O=Cc1ccc2cc(Oc3ccccn3)ccc2n1. The summed E-state index contributed by atoms with van der Waals surface area (Å²) in [5.41, 5.74) is 1.18. The summed E-state index contributed by atoms with van der Waals surface area (Å²) in [4.78, 5) is 19.0. The summed E-state index contributed by atoms with van der Waals surface area (Å²) < 4.78 is 5.63. The standard InChI is InChI=1S/C15H10N2O2/c18-10-12-5-4-11-9-13(6-7-14(11)17-12)19-15-3-1-2-8-16-15/h1-10H. The number of hydrogen-bond acceptors (Lipinski definition) is 4. The number of rotatable bonds is 3. The highest BCUT2D eigenvalue weighted by Crippen LogP contribution is 2.23. The zero-order valence-corrected chi connectivity index (χ0v) is 9.98. The molecule has 0 aliphatic carbocycles. The van der Waals surface area contributed by atoms with E-state index in [4.69, 9.17) is 4.74 Å². The fraction of sp³-hybridized carbons (Fsp3) is 0. The molecule has 92 valence electrons. The van der Waals surface area contributed by atoms with Crippen LogP contribution in [0, 0.1) is 0 Å². The van der Waals surface area contributed by atoms with E-state index in [2.05, 4.69) is 9.97 Å². The quantitative estimate of drug-likeness (QED) is 0.669. The molecule has 0 aliphatic rings. The smallest absolute Gasteiger partial charge is 0.219 e. The maximum atomic E-state index is 10.7. The Morgan fingerprint density at radius 3 is 2.79 bits per heavy atom. The van der Waals surface area contributed by atoms with Gasteiger partial charge in [0.15, 0.2) is 6.29 Å². The van der Waals surface area contributed by atoms with Crippen LogP contribution in [0.2, 0.25) is 0 Å². The molecule has 3 rings (SSSR count). The number of ether oxygens (including phenoxy) is 1. The van der Waals surface area contributed by atoms with E-state index < -0.39 is 0 Å². The number of carbonyl (C=O) groups excluding carboxylic acids is 1. The third-order valence-corrected chi connectivity index (χ3v) is 2.66. The zero-order valence-electron chi connectivity index (χ0n) is 9.98. The molecule has 3 aromatic rings. The monoisotopic (exact) mass is 250 g/mol. The van der Waals surface area contributed by atoms with Crippen LogP contribution >= 0.6 is 0 Å². The number of fused-ring (bicyclic) bond motifs is 1. The Balaban J connectivity index is 1.96. The third kappa shape index (κ3) is 2.42. The van der Waals surface area contributed by atoms with Crippen molar-refractivity contribution in [2.24, 2.45) is 0 Å². The van der Waals surface area contributed by atoms with Crippen LogP contribution in [0.4, 0.5) is 0 Å². The van der Waals surface area contributed by atoms with Crippen molar-refractivity contribution in [1.82, 2.24) is 9.97 Å². The molecule has 0 amide bonds. The van der Waals surface area contributed by atoms with Gasteiger partial charge in [-0.25, -0.2) is 9.97 Å². The van der Waals surface area contributed by atoms with E-state index in [0.29, 0.717) is 17.3 Å². The van der Waals surface area contributed by atoms with Gasteiger partial charge in [-0.15, -0.1) is 0 Å². The highest BCUT2D eigenvalue weighted by atomic mass is 16.5. The van der Waals surface area contributed by atoms with E-state index in [1.54, 1.807) is 24.4 Å². The second-order valence-electron chi connectivity index (χ2n) is 3.98. The molecule has 0 atom stereocenters. The minimum atomic E-state index is 0.422. The van der Waals surface area contributed by atoms with Crippen LogP contribution in [-0.2, 0) is 0 Å². The summed E-state index contributed by atoms with van der Waals surface area (Å²) in [5, 5.41) is 0.916. The van der Waals surface area contributed by atoms with Crippen LogP contribution in [0.3, 0.4) is 0 Å². The van der Waals surface area contributed by atoms with Crippen LogP contribution in [-0.4, -0.2) is 16.3 Å². The summed E-state index contributed by atoms with van der Waals surface area (Å²) >= 11 is 0. The van der Waals surface area contributed by atoms with E-state index in [1.165, 1.54) is 0 Å². The zero-order chi connectivity index (χ0) is 13.1. The lowest BCUT2D eigenvalue weighted by Crippen LogP contribution is -1.89. The number of carbonyl (C=O) groups is 1. The van der Waals surface area contributed by atoms with E-state index in [-0.39, 0.29) is 0 Å². The first kappa shape index (κ1) is 11.3. The van der Waals surface area contributed by atoms with Gasteiger partial charge >= 0.3 is 0 Å². The van der Waals surface area contributed by atoms with Crippen LogP contribution in [0.15, 0.2) is 54.7 Å². The van der Waals surface area contributed by atoms with E-state index >= 15 is 0 Å². The lowest BCUT2D eigenvalue weighted by atomic mass is 10.2. The minimum Gasteiger partial charge on any atom is -0.439 e. The van der Waals surface area contributed by atoms with Gasteiger partial charge in [-0.3, -0.25) is 4.79 Å². The molecule has 4 heteroatoms. The molecule has 0 unspecified atom stereocenters. The van der Waals surface area contributed by atoms with Crippen LogP contribution in [0.1, 0.15) is 10.5 Å². The third-order valence-electron chi connectivity index (χ3n) is 2.66. The molecule has 0 saturated heterocycles. The Morgan fingerprint density at radius 2 is 2.00 bits per heavy atom. The topological polar surface area (TPSA) is 52.1 Å². The fourth-order valence-electron chi connectivity index (χ4n) is 1.78. The lowest BCUT2D eigenvalue weighted by molar-refractivity contribution is 0.111. The van der Waals surface area contributed by atoms with Crippen molar-refractivity contribution < 1.29 is 9.53 Å². The largest absolute Gasteiger partial charge is 0.439 e.